The highest BCUT2D eigenvalue weighted by molar-refractivity contribution is 7.18. The second kappa shape index (κ2) is 4.09. The van der Waals surface area contributed by atoms with Crippen LogP contribution >= 0.6 is 11.3 Å². The predicted octanol–water partition coefficient (Wildman–Crippen LogP) is 2.65. The van der Waals surface area contributed by atoms with Crippen molar-refractivity contribution in [1.29, 1.82) is 0 Å². The third-order valence-electron chi connectivity index (χ3n) is 2.24. The number of nitrogens with zero attached hydrogens (tertiary/aromatic N) is 1. The SMILES string of the molecule is CCCc1nc2cc(C(=O)O)c(O)cc2s1. The highest BCUT2D eigenvalue weighted by Gasteiger charge is 2.13. The summed E-state index contributed by atoms with van der Waals surface area (Å²) in [5, 5.41) is 19.3. The Hall–Kier alpha value is -1.62. The molecule has 0 amide bonds. The third-order valence-corrected chi connectivity index (χ3v) is 3.32. The van der Waals surface area contributed by atoms with Gasteiger partial charge in [0.05, 0.1) is 15.2 Å². The number of carbonyl (C=O) groups is 1. The van der Waals surface area contributed by atoms with E-state index in [1.807, 2.05) is 0 Å². The Balaban J connectivity index is 2.56. The molecule has 0 radical (unpaired) electrons. The number of aromatic hydroxyl groups is 1. The summed E-state index contributed by atoms with van der Waals surface area (Å²) in [5.74, 6) is -1.34. The van der Waals surface area contributed by atoms with Crippen LogP contribution in [0.25, 0.3) is 10.2 Å². The second-order valence-electron chi connectivity index (χ2n) is 3.50. The van der Waals surface area contributed by atoms with Gasteiger partial charge in [-0.25, -0.2) is 9.78 Å². The summed E-state index contributed by atoms with van der Waals surface area (Å²) < 4.78 is 0.825. The van der Waals surface area contributed by atoms with E-state index in [1.54, 1.807) is 0 Å². The molecular weight excluding hydrogens is 226 g/mol. The molecule has 0 spiro atoms. The number of fused-ring (bicyclic) bond motifs is 1. The minimum Gasteiger partial charge on any atom is -0.507 e. The van der Waals surface area contributed by atoms with Gasteiger partial charge < -0.3 is 10.2 Å². The van der Waals surface area contributed by atoms with E-state index in [2.05, 4.69) is 11.9 Å². The third kappa shape index (κ3) is 1.86. The monoisotopic (exact) mass is 237 g/mol. The van der Waals surface area contributed by atoms with Gasteiger partial charge in [-0.2, -0.15) is 0 Å². The highest BCUT2D eigenvalue weighted by Crippen LogP contribution is 2.29. The lowest BCUT2D eigenvalue weighted by Gasteiger charge is -1.97. The van der Waals surface area contributed by atoms with Crippen LogP contribution in [0.4, 0.5) is 0 Å². The van der Waals surface area contributed by atoms with Gasteiger partial charge >= 0.3 is 5.97 Å². The number of thiazole rings is 1. The van der Waals surface area contributed by atoms with Gasteiger partial charge in [0.2, 0.25) is 0 Å². The predicted molar refractivity (Wildman–Crippen MR) is 62.2 cm³/mol. The summed E-state index contributed by atoms with van der Waals surface area (Å²) in [5.41, 5.74) is 0.546. The van der Waals surface area contributed by atoms with Crippen LogP contribution in [0.15, 0.2) is 12.1 Å². The van der Waals surface area contributed by atoms with Crippen LogP contribution in [0.5, 0.6) is 5.75 Å². The van der Waals surface area contributed by atoms with Crippen molar-refractivity contribution in [3.8, 4) is 5.75 Å². The average Bonchev–Trinajstić information content (AvgIpc) is 2.58. The molecule has 2 rings (SSSR count). The maximum atomic E-state index is 10.8. The van der Waals surface area contributed by atoms with Crippen LogP contribution in [0.2, 0.25) is 0 Å². The molecule has 1 aromatic carbocycles. The summed E-state index contributed by atoms with van der Waals surface area (Å²) in [6, 6.07) is 2.89. The summed E-state index contributed by atoms with van der Waals surface area (Å²) in [4.78, 5) is 15.1. The van der Waals surface area contributed by atoms with Crippen LogP contribution < -0.4 is 0 Å². The van der Waals surface area contributed by atoms with Gasteiger partial charge in [0.25, 0.3) is 0 Å². The lowest BCUT2D eigenvalue weighted by atomic mass is 10.2. The Kier molecular flexibility index (Phi) is 2.78. The van der Waals surface area contributed by atoms with Crippen LogP contribution in [-0.4, -0.2) is 21.2 Å². The number of hydrogen-bond acceptors (Lipinski definition) is 4. The molecular formula is C11H11NO3S. The largest absolute Gasteiger partial charge is 0.507 e. The van der Waals surface area contributed by atoms with Crippen LogP contribution in [0.3, 0.4) is 0 Å². The summed E-state index contributed by atoms with van der Waals surface area (Å²) in [7, 11) is 0. The van der Waals surface area contributed by atoms with Crippen molar-refractivity contribution in [2.24, 2.45) is 0 Å². The lowest BCUT2D eigenvalue weighted by molar-refractivity contribution is 0.0694. The fraction of sp³-hybridized carbons (Fsp3) is 0.273. The Bertz CT molecular complexity index is 547. The molecule has 2 aromatic rings. The Morgan fingerprint density at radius 2 is 2.25 bits per heavy atom. The normalized spacial score (nSPS) is 10.8. The molecule has 1 heterocycles. The molecule has 0 aliphatic heterocycles. The average molecular weight is 237 g/mol. The quantitative estimate of drug-likeness (QED) is 0.861. The van der Waals surface area contributed by atoms with E-state index >= 15 is 0 Å². The van der Waals surface area contributed by atoms with Crippen molar-refractivity contribution >= 4 is 27.5 Å². The fourth-order valence-electron chi connectivity index (χ4n) is 1.50. The summed E-state index contributed by atoms with van der Waals surface area (Å²) >= 11 is 1.49. The minimum absolute atomic E-state index is 0.0964. The number of benzene rings is 1. The molecule has 0 aliphatic carbocycles. The standard InChI is InChI=1S/C11H11NO3S/c1-2-3-10-12-7-4-6(11(14)15)8(13)5-9(7)16-10/h4-5,13H,2-3H2,1H3,(H,14,15). The van der Waals surface area contributed by atoms with Crippen molar-refractivity contribution in [3.63, 3.8) is 0 Å². The Labute approximate surface area is 96.2 Å². The Morgan fingerprint density at radius 1 is 1.50 bits per heavy atom. The van der Waals surface area contributed by atoms with E-state index in [1.165, 1.54) is 23.5 Å². The first-order chi connectivity index (χ1) is 7.61. The molecule has 4 nitrogen and oxygen atoms in total. The van der Waals surface area contributed by atoms with Gasteiger partial charge in [-0.15, -0.1) is 11.3 Å². The molecule has 0 fully saturated rings. The molecule has 5 heteroatoms. The van der Waals surface area contributed by atoms with E-state index < -0.39 is 5.97 Å². The number of rotatable bonds is 3. The van der Waals surface area contributed by atoms with Crippen LogP contribution in [0.1, 0.15) is 28.7 Å². The lowest BCUT2D eigenvalue weighted by Crippen LogP contribution is -1.96. The van der Waals surface area contributed by atoms with Gasteiger partial charge in [-0.1, -0.05) is 6.92 Å². The first kappa shape index (κ1) is 10.9. The molecule has 0 aliphatic rings. The summed E-state index contributed by atoms with van der Waals surface area (Å²) in [6.45, 7) is 2.06. The van der Waals surface area contributed by atoms with Gasteiger partial charge in [-0.3, -0.25) is 0 Å². The van der Waals surface area contributed by atoms with Crippen LogP contribution in [0, 0.1) is 0 Å². The molecule has 0 unspecified atom stereocenters. The van der Waals surface area contributed by atoms with Gasteiger partial charge in [0.15, 0.2) is 0 Å². The number of carboxylic acids is 1. The second-order valence-corrected chi connectivity index (χ2v) is 4.62. The molecule has 0 atom stereocenters. The van der Waals surface area contributed by atoms with E-state index in [4.69, 9.17) is 5.11 Å². The van der Waals surface area contributed by atoms with E-state index in [0.29, 0.717) is 5.52 Å². The van der Waals surface area contributed by atoms with Crippen molar-refractivity contribution in [2.45, 2.75) is 19.8 Å². The van der Waals surface area contributed by atoms with E-state index in [-0.39, 0.29) is 11.3 Å². The molecule has 1 aromatic heterocycles. The maximum absolute atomic E-state index is 10.8. The first-order valence-corrected chi connectivity index (χ1v) is 5.79. The topological polar surface area (TPSA) is 70.4 Å². The van der Waals surface area contributed by atoms with E-state index in [0.717, 1.165) is 22.5 Å². The number of aromatic carboxylic acids is 1. The molecule has 0 bridgehead atoms. The molecule has 2 N–H and O–H groups in total. The summed E-state index contributed by atoms with van der Waals surface area (Å²) in [6.07, 6.45) is 1.88. The highest BCUT2D eigenvalue weighted by atomic mass is 32.1. The molecule has 0 saturated carbocycles. The van der Waals surface area contributed by atoms with Crippen LogP contribution in [-0.2, 0) is 6.42 Å². The number of carboxylic acid groups (broad SMARTS) is 1. The van der Waals surface area contributed by atoms with Gasteiger partial charge in [0.1, 0.15) is 11.3 Å². The maximum Gasteiger partial charge on any atom is 0.339 e. The van der Waals surface area contributed by atoms with Crippen molar-refractivity contribution in [2.75, 3.05) is 0 Å². The number of hydrogen-bond donors (Lipinski definition) is 2. The first-order valence-electron chi connectivity index (χ1n) is 4.97. The zero-order chi connectivity index (χ0) is 11.7. The van der Waals surface area contributed by atoms with E-state index in [9.17, 15) is 9.90 Å². The number of phenols is 1. The van der Waals surface area contributed by atoms with Gasteiger partial charge in [0, 0.05) is 6.07 Å². The zero-order valence-corrected chi connectivity index (χ0v) is 9.54. The number of aryl methyl sites for hydroxylation is 1. The van der Waals surface area contributed by atoms with Crippen molar-refractivity contribution in [1.82, 2.24) is 4.98 Å². The van der Waals surface area contributed by atoms with Crippen molar-refractivity contribution in [3.05, 3.63) is 22.7 Å². The smallest absolute Gasteiger partial charge is 0.339 e. The van der Waals surface area contributed by atoms with Gasteiger partial charge in [-0.05, 0) is 18.9 Å². The van der Waals surface area contributed by atoms with Crippen molar-refractivity contribution < 1.29 is 15.0 Å². The minimum atomic E-state index is -1.13. The molecule has 16 heavy (non-hydrogen) atoms. The fourth-order valence-corrected chi connectivity index (χ4v) is 2.59. The Morgan fingerprint density at radius 3 is 2.88 bits per heavy atom. The number of aromatic nitrogens is 1. The molecule has 84 valence electrons. The zero-order valence-electron chi connectivity index (χ0n) is 8.73. The molecule has 0 saturated heterocycles.